The molecule has 0 aromatic heterocycles. The Labute approximate surface area is 119 Å². The van der Waals surface area contributed by atoms with E-state index in [9.17, 15) is 4.79 Å². The Balaban J connectivity index is 0.000000276. The van der Waals surface area contributed by atoms with Crippen molar-refractivity contribution < 1.29 is 14.3 Å². The minimum atomic E-state index is -0.395. The average Bonchev–Trinajstić information content (AvgIpc) is 2.54. The molecule has 20 heavy (non-hydrogen) atoms. The topological polar surface area (TPSA) is 35.5 Å². The summed E-state index contributed by atoms with van der Waals surface area (Å²) in [7, 11) is 0. The number of carbonyl (C=O) groups excluding carboxylic acids is 1. The highest BCUT2D eigenvalue weighted by Gasteiger charge is 2.01. The number of esters is 1. The van der Waals surface area contributed by atoms with E-state index < -0.39 is 5.97 Å². The van der Waals surface area contributed by atoms with Crippen LogP contribution in [0, 0.1) is 6.07 Å². The molecule has 0 amide bonds. The standard InChI is InChI=1S/C11H12O3.C6H5/c1-2-8-13-11(12)9-14-10-6-4-3-5-7-10;1-2-4-6-5-3-1/h2-7H,1,8-9H2;1-5H. The van der Waals surface area contributed by atoms with E-state index >= 15 is 0 Å². The highest BCUT2D eigenvalue weighted by atomic mass is 16.6. The van der Waals surface area contributed by atoms with Crippen LogP contribution in [0.5, 0.6) is 5.75 Å². The van der Waals surface area contributed by atoms with Gasteiger partial charge in [-0.2, -0.15) is 0 Å². The summed E-state index contributed by atoms with van der Waals surface area (Å²) in [6.07, 6.45) is 1.51. The molecule has 0 atom stereocenters. The smallest absolute Gasteiger partial charge is 0.344 e. The molecule has 0 heterocycles. The number of carbonyl (C=O) groups is 1. The Morgan fingerprint density at radius 1 is 1.10 bits per heavy atom. The van der Waals surface area contributed by atoms with Crippen LogP contribution in [0.25, 0.3) is 0 Å². The summed E-state index contributed by atoms with van der Waals surface area (Å²) < 4.78 is 9.89. The number of benzene rings is 2. The fourth-order valence-electron chi connectivity index (χ4n) is 1.19. The molecule has 3 nitrogen and oxygen atoms in total. The molecule has 2 aromatic carbocycles. The van der Waals surface area contributed by atoms with Gasteiger partial charge >= 0.3 is 5.97 Å². The number of hydrogen-bond acceptors (Lipinski definition) is 3. The predicted octanol–water partition coefficient (Wildman–Crippen LogP) is 3.28. The Morgan fingerprint density at radius 2 is 1.75 bits per heavy atom. The maximum absolute atomic E-state index is 11.0. The molecule has 0 N–H and O–H groups in total. The Bertz CT molecular complexity index is 453. The molecule has 0 aliphatic rings. The molecule has 1 radical (unpaired) electrons. The highest BCUT2D eigenvalue weighted by Crippen LogP contribution is 2.07. The summed E-state index contributed by atoms with van der Waals surface area (Å²) >= 11 is 0. The Kier molecular flexibility index (Phi) is 8.05. The number of rotatable bonds is 5. The molecule has 0 unspecified atom stereocenters. The van der Waals surface area contributed by atoms with Gasteiger partial charge in [-0.25, -0.2) is 4.79 Å². The van der Waals surface area contributed by atoms with Crippen LogP contribution in [-0.2, 0) is 9.53 Å². The fourth-order valence-corrected chi connectivity index (χ4v) is 1.19. The van der Waals surface area contributed by atoms with E-state index in [2.05, 4.69) is 12.6 Å². The van der Waals surface area contributed by atoms with Crippen molar-refractivity contribution in [2.75, 3.05) is 13.2 Å². The maximum Gasteiger partial charge on any atom is 0.344 e. The summed E-state index contributed by atoms with van der Waals surface area (Å²) in [6.45, 7) is 3.58. The largest absolute Gasteiger partial charge is 0.482 e. The van der Waals surface area contributed by atoms with Crippen LogP contribution in [0.1, 0.15) is 0 Å². The van der Waals surface area contributed by atoms with E-state index in [4.69, 9.17) is 9.47 Å². The van der Waals surface area contributed by atoms with Crippen molar-refractivity contribution in [3.05, 3.63) is 79.4 Å². The van der Waals surface area contributed by atoms with Gasteiger partial charge in [-0.05, 0) is 18.2 Å². The van der Waals surface area contributed by atoms with Crippen LogP contribution >= 0.6 is 0 Å². The van der Waals surface area contributed by atoms with Gasteiger partial charge in [0, 0.05) is 0 Å². The highest BCUT2D eigenvalue weighted by molar-refractivity contribution is 5.71. The summed E-state index contributed by atoms with van der Waals surface area (Å²) in [5.41, 5.74) is 0. The summed E-state index contributed by atoms with van der Waals surface area (Å²) in [5, 5.41) is 0. The normalized spacial score (nSPS) is 8.80. The van der Waals surface area contributed by atoms with Gasteiger partial charge in [-0.15, -0.1) is 0 Å². The summed E-state index contributed by atoms with van der Waals surface area (Å²) in [4.78, 5) is 11.0. The lowest BCUT2D eigenvalue weighted by Crippen LogP contribution is -2.14. The van der Waals surface area contributed by atoms with Crippen molar-refractivity contribution in [3.63, 3.8) is 0 Å². The van der Waals surface area contributed by atoms with E-state index in [0.717, 1.165) is 0 Å². The molecular formula is C17H17O3. The molecule has 2 rings (SSSR count). The van der Waals surface area contributed by atoms with Crippen molar-refractivity contribution in [2.24, 2.45) is 0 Å². The summed E-state index contributed by atoms with van der Waals surface area (Å²) in [5.74, 6) is 0.261. The number of ether oxygens (including phenoxy) is 2. The van der Waals surface area contributed by atoms with Crippen LogP contribution in [0.4, 0.5) is 0 Å². The van der Waals surface area contributed by atoms with Crippen LogP contribution in [0.15, 0.2) is 73.3 Å². The van der Waals surface area contributed by atoms with E-state index in [1.807, 2.05) is 48.5 Å². The third-order valence-corrected chi connectivity index (χ3v) is 2.07. The molecule has 0 aliphatic carbocycles. The van der Waals surface area contributed by atoms with Gasteiger partial charge in [-0.3, -0.25) is 0 Å². The minimum absolute atomic E-state index is 0.0716. The van der Waals surface area contributed by atoms with Gasteiger partial charge in [0.2, 0.25) is 0 Å². The molecule has 3 heteroatoms. The van der Waals surface area contributed by atoms with Crippen LogP contribution in [0.2, 0.25) is 0 Å². The number of para-hydroxylation sites is 1. The van der Waals surface area contributed by atoms with Crippen LogP contribution in [0.3, 0.4) is 0 Å². The molecular weight excluding hydrogens is 252 g/mol. The van der Waals surface area contributed by atoms with Gasteiger partial charge in [0.05, 0.1) is 0 Å². The lowest BCUT2D eigenvalue weighted by atomic mass is 10.3. The monoisotopic (exact) mass is 269 g/mol. The second-order valence-corrected chi connectivity index (χ2v) is 3.65. The second-order valence-electron chi connectivity index (χ2n) is 3.65. The van der Waals surface area contributed by atoms with Gasteiger partial charge < -0.3 is 9.47 Å². The quantitative estimate of drug-likeness (QED) is 0.617. The zero-order valence-electron chi connectivity index (χ0n) is 11.2. The van der Waals surface area contributed by atoms with Crippen molar-refractivity contribution in [1.29, 1.82) is 0 Å². The third kappa shape index (κ3) is 7.71. The molecule has 0 bridgehead atoms. The van der Waals surface area contributed by atoms with Gasteiger partial charge in [0.1, 0.15) is 12.4 Å². The Morgan fingerprint density at radius 3 is 2.25 bits per heavy atom. The van der Waals surface area contributed by atoms with Crippen LogP contribution in [-0.4, -0.2) is 19.2 Å². The molecule has 2 aromatic rings. The molecule has 0 spiro atoms. The zero-order chi connectivity index (χ0) is 14.5. The molecule has 0 saturated heterocycles. The van der Waals surface area contributed by atoms with Crippen molar-refractivity contribution in [3.8, 4) is 5.75 Å². The SMILES string of the molecule is C=CCOC(=O)COc1ccccc1.[c]1ccccc1. The molecule has 0 fully saturated rings. The van der Waals surface area contributed by atoms with Crippen molar-refractivity contribution >= 4 is 5.97 Å². The van der Waals surface area contributed by atoms with E-state index in [-0.39, 0.29) is 13.2 Å². The van der Waals surface area contributed by atoms with Crippen molar-refractivity contribution in [2.45, 2.75) is 0 Å². The first-order chi connectivity index (χ1) is 9.83. The first kappa shape index (κ1) is 15.5. The third-order valence-electron chi connectivity index (χ3n) is 2.07. The molecule has 0 aliphatic heterocycles. The maximum atomic E-state index is 11.0. The first-order valence-corrected chi connectivity index (χ1v) is 6.18. The first-order valence-electron chi connectivity index (χ1n) is 6.18. The molecule has 103 valence electrons. The average molecular weight is 269 g/mol. The minimum Gasteiger partial charge on any atom is -0.482 e. The van der Waals surface area contributed by atoms with Gasteiger partial charge in [-0.1, -0.05) is 61.2 Å². The van der Waals surface area contributed by atoms with Crippen molar-refractivity contribution in [1.82, 2.24) is 0 Å². The predicted molar refractivity (Wildman–Crippen MR) is 78.4 cm³/mol. The number of hydrogen-bond donors (Lipinski definition) is 0. The zero-order valence-corrected chi connectivity index (χ0v) is 11.2. The second kappa shape index (κ2) is 10.4. The fraction of sp³-hybridized carbons (Fsp3) is 0.118. The van der Waals surface area contributed by atoms with E-state index in [1.54, 1.807) is 12.1 Å². The van der Waals surface area contributed by atoms with Gasteiger partial charge in [0.15, 0.2) is 6.61 Å². The lowest BCUT2D eigenvalue weighted by molar-refractivity contribution is -0.144. The van der Waals surface area contributed by atoms with Gasteiger partial charge in [0.25, 0.3) is 0 Å². The van der Waals surface area contributed by atoms with Crippen LogP contribution < -0.4 is 4.74 Å². The molecule has 0 saturated carbocycles. The Hall–Kier alpha value is -2.55. The summed E-state index contributed by atoms with van der Waals surface area (Å²) in [6, 6.07) is 21.6. The lowest BCUT2D eigenvalue weighted by Gasteiger charge is -2.04. The van der Waals surface area contributed by atoms with E-state index in [0.29, 0.717) is 5.75 Å². The van der Waals surface area contributed by atoms with E-state index in [1.165, 1.54) is 6.08 Å².